The molecule has 0 spiro atoms. The highest BCUT2D eigenvalue weighted by molar-refractivity contribution is 5.53. The van der Waals surface area contributed by atoms with Crippen molar-refractivity contribution in [1.29, 1.82) is 0 Å². The summed E-state index contributed by atoms with van der Waals surface area (Å²) in [6, 6.07) is 38.8. The van der Waals surface area contributed by atoms with E-state index in [1.165, 1.54) is 11.1 Å². The van der Waals surface area contributed by atoms with E-state index >= 15 is 0 Å². The molecule has 0 aromatic heterocycles. The molecule has 0 saturated heterocycles. The Morgan fingerprint density at radius 1 is 0.359 bits per heavy atom. The number of nitrogens with zero attached hydrogens (tertiary/aromatic N) is 4. The summed E-state index contributed by atoms with van der Waals surface area (Å²) in [6.45, 7) is 6.11. The van der Waals surface area contributed by atoms with Crippen LogP contribution in [-0.2, 0) is 5.60 Å². The van der Waals surface area contributed by atoms with Gasteiger partial charge in [0.25, 0.3) is 0 Å². The molecule has 5 aromatic carbocycles. The first-order valence-corrected chi connectivity index (χ1v) is 12.9. The second-order valence-corrected chi connectivity index (χ2v) is 9.74. The van der Waals surface area contributed by atoms with E-state index in [1.807, 2.05) is 142 Å². The van der Waals surface area contributed by atoms with Crippen LogP contribution in [0, 0.1) is 20.8 Å². The third-order valence-corrected chi connectivity index (χ3v) is 6.67. The van der Waals surface area contributed by atoms with Gasteiger partial charge in [0.05, 0.1) is 22.7 Å². The molecule has 5 nitrogen and oxygen atoms in total. The summed E-state index contributed by atoms with van der Waals surface area (Å²) < 4.78 is 0. The van der Waals surface area contributed by atoms with Gasteiger partial charge in [-0.25, -0.2) is 0 Å². The van der Waals surface area contributed by atoms with Crippen molar-refractivity contribution in [2.45, 2.75) is 26.4 Å². The largest absolute Gasteiger partial charge is 0.376 e. The van der Waals surface area contributed by atoms with Gasteiger partial charge in [-0.05, 0) is 86.0 Å². The zero-order valence-electron chi connectivity index (χ0n) is 22.3. The highest BCUT2D eigenvalue weighted by Crippen LogP contribution is 2.38. The number of aliphatic hydroxyl groups is 1. The van der Waals surface area contributed by atoms with Gasteiger partial charge in [0, 0.05) is 0 Å². The second-order valence-electron chi connectivity index (χ2n) is 9.74. The van der Waals surface area contributed by atoms with E-state index in [0.717, 1.165) is 33.6 Å². The van der Waals surface area contributed by atoms with Crippen LogP contribution in [-0.4, -0.2) is 5.11 Å². The van der Waals surface area contributed by atoms with E-state index in [2.05, 4.69) is 20.5 Å². The summed E-state index contributed by atoms with van der Waals surface area (Å²) in [7, 11) is 0. The number of benzene rings is 5. The predicted molar refractivity (Wildman–Crippen MR) is 157 cm³/mol. The van der Waals surface area contributed by atoms with Crippen LogP contribution < -0.4 is 0 Å². The van der Waals surface area contributed by atoms with Crippen molar-refractivity contribution in [1.82, 2.24) is 0 Å². The van der Waals surface area contributed by atoms with E-state index in [9.17, 15) is 5.11 Å². The first kappa shape index (κ1) is 25.9. The second kappa shape index (κ2) is 11.3. The molecule has 0 saturated carbocycles. The molecule has 0 aliphatic carbocycles. The van der Waals surface area contributed by atoms with Crippen LogP contribution in [0.4, 0.5) is 22.7 Å². The Kier molecular flexibility index (Phi) is 7.53. The molecule has 0 aliphatic rings. The maximum absolute atomic E-state index is 12.3. The van der Waals surface area contributed by atoms with Gasteiger partial charge < -0.3 is 5.11 Å². The SMILES string of the molecule is Cc1ccc(N=Nc2ccc(C(O)(c3ccc(C)cc3)c3ccc(N=Nc4ccc(C)cc4)cc3)cc2)cc1. The van der Waals surface area contributed by atoms with Crippen molar-refractivity contribution in [3.63, 3.8) is 0 Å². The zero-order chi connectivity index (χ0) is 27.2. The van der Waals surface area contributed by atoms with Crippen LogP contribution >= 0.6 is 0 Å². The molecule has 0 atom stereocenters. The minimum Gasteiger partial charge on any atom is -0.376 e. The van der Waals surface area contributed by atoms with Crippen molar-refractivity contribution in [3.8, 4) is 0 Å². The number of rotatable bonds is 7. The van der Waals surface area contributed by atoms with E-state index in [0.29, 0.717) is 11.4 Å². The fourth-order valence-electron chi connectivity index (χ4n) is 4.29. The lowest BCUT2D eigenvalue weighted by Crippen LogP contribution is -2.28. The van der Waals surface area contributed by atoms with Crippen LogP contribution in [0.3, 0.4) is 0 Å². The highest BCUT2D eigenvalue weighted by atomic mass is 16.3. The van der Waals surface area contributed by atoms with Gasteiger partial charge in [-0.15, -0.1) is 0 Å². The topological polar surface area (TPSA) is 69.7 Å². The Labute approximate surface area is 229 Å². The third-order valence-electron chi connectivity index (χ3n) is 6.67. The van der Waals surface area contributed by atoms with Gasteiger partial charge in [-0.3, -0.25) is 0 Å². The minimum absolute atomic E-state index is 0.706. The summed E-state index contributed by atoms with van der Waals surface area (Å²) in [4.78, 5) is 0. The molecule has 0 aliphatic heterocycles. The van der Waals surface area contributed by atoms with Crippen molar-refractivity contribution in [3.05, 3.63) is 155 Å². The standard InChI is InChI=1S/C34H30N4O/c1-24-4-10-27(11-5-24)34(39,28-12-20-32(21-13-28)37-35-30-16-6-25(2)7-17-30)29-14-22-33(23-15-29)38-36-31-18-8-26(3)9-19-31/h4-23,39H,1-3H3. The Morgan fingerprint density at radius 2 is 0.564 bits per heavy atom. The van der Waals surface area contributed by atoms with E-state index in [4.69, 9.17) is 0 Å². The molecule has 39 heavy (non-hydrogen) atoms. The minimum atomic E-state index is -1.37. The lowest BCUT2D eigenvalue weighted by atomic mass is 9.80. The monoisotopic (exact) mass is 510 g/mol. The lowest BCUT2D eigenvalue weighted by molar-refractivity contribution is 0.126. The van der Waals surface area contributed by atoms with Crippen molar-refractivity contribution < 1.29 is 5.11 Å². The Balaban J connectivity index is 1.45. The summed E-state index contributed by atoms with van der Waals surface area (Å²) in [5.74, 6) is 0. The molecule has 5 heteroatoms. The quantitative estimate of drug-likeness (QED) is 0.172. The van der Waals surface area contributed by atoms with E-state index in [-0.39, 0.29) is 0 Å². The summed E-state index contributed by atoms with van der Waals surface area (Å²) >= 11 is 0. The van der Waals surface area contributed by atoms with Crippen LogP contribution in [0.2, 0.25) is 0 Å². The smallest absolute Gasteiger partial charge is 0.140 e. The Bertz CT molecular complexity index is 1490. The number of azo groups is 2. The molecule has 0 bridgehead atoms. The molecule has 5 aromatic rings. The molecule has 5 rings (SSSR count). The summed E-state index contributed by atoms with van der Waals surface area (Å²) in [5.41, 5.74) is 7.34. The fraction of sp³-hybridized carbons (Fsp3) is 0.118. The predicted octanol–water partition coefficient (Wildman–Crippen LogP) is 9.73. The van der Waals surface area contributed by atoms with Crippen LogP contribution in [0.5, 0.6) is 0 Å². The number of hydrogen-bond donors (Lipinski definition) is 1. The summed E-state index contributed by atoms with van der Waals surface area (Å²) in [5, 5.41) is 29.7. The lowest BCUT2D eigenvalue weighted by Gasteiger charge is -2.30. The maximum Gasteiger partial charge on any atom is 0.140 e. The van der Waals surface area contributed by atoms with Gasteiger partial charge in [0.2, 0.25) is 0 Å². The Morgan fingerprint density at radius 3 is 0.846 bits per heavy atom. The Hall–Kier alpha value is -4.74. The molecular weight excluding hydrogens is 480 g/mol. The zero-order valence-corrected chi connectivity index (χ0v) is 22.3. The van der Waals surface area contributed by atoms with Crippen molar-refractivity contribution in [2.75, 3.05) is 0 Å². The first-order chi connectivity index (χ1) is 18.9. The average Bonchev–Trinajstić information content (AvgIpc) is 2.97. The van der Waals surface area contributed by atoms with Gasteiger partial charge in [-0.1, -0.05) is 89.5 Å². The molecule has 0 unspecified atom stereocenters. The number of hydrogen-bond acceptors (Lipinski definition) is 5. The number of aryl methyl sites for hydroxylation is 3. The van der Waals surface area contributed by atoms with Gasteiger partial charge >= 0.3 is 0 Å². The van der Waals surface area contributed by atoms with Gasteiger partial charge in [-0.2, -0.15) is 20.5 Å². The van der Waals surface area contributed by atoms with Gasteiger partial charge in [0.1, 0.15) is 5.60 Å². The van der Waals surface area contributed by atoms with Crippen LogP contribution in [0.1, 0.15) is 33.4 Å². The van der Waals surface area contributed by atoms with E-state index < -0.39 is 5.60 Å². The van der Waals surface area contributed by atoms with Crippen LogP contribution in [0.15, 0.2) is 142 Å². The normalized spacial score (nSPS) is 13.1. The highest BCUT2D eigenvalue weighted by Gasteiger charge is 2.33. The fourth-order valence-corrected chi connectivity index (χ4v) is 4.29. The molecule has 0 amide bonds. The van der Waals surface area contributed by atoms with Crippen molar-refractivity contribution >= 4 is 22.7 Å². The molecule has 192 valence electrons. The molecular formula is C34H30N4O. The molecule has 0 fully saturated rings. The average molecular weight is 511 g/mol. The maximum atomic E-state index is 12.3. The molecule has 0 heterocycles. The van der Waals surface area contributed by atoms with Gasteiger partial charge in [0.15, 0.2) is 0 Å². The molecule has 1 N–H and O–H groups in total. The van der Waals surface area contributed by atoms with Crippen molar-refractivity contribution in [2.24, 2.45) is 20.5 Å². The summed E-state index contributed by atoms with van der Waals surface area (Å²) in [6.07, 6.45) is 0. The third kappa shape index (κ3) is 6.06. The first-order valence-electron chi connectivity index (χ1n) is 12.9. The van der Waals surface area contributed by atoms with E-state index in [1.54, 1.807) is 0 Å². The van der Waals surface area contributed by atoms with Crippen LogP contribution in [0.25, 0.3) is 0 Å². The molecule has 0 radical (unpaired) electrons.